The van der Waals surface area contributed by atoms with Gasteiger partial charge in [-0.15, -0.1) is 0 Å². The lowest BCUT2D eigenvalue weighted by Crippen LogP contribution is -2.52. The van der Waals surface area contributed by atoms with Crippen LogP contribution in [0.25, 0.3) is 5.65 Å². The van der Waals surface area contributed by atoms with Gasteiger partial charge < -0.3 is 14.8 Å². The minimum absolute atomic E-state index is 0.433. The van der Waals surface area contributed by atoms with Crippen LogP contribution in [0.1, 0.15) is 31.2 Å². The number of fused-ring (bicyclic) bond motifs is 1. The number of thiocarbonyl (C=S) groups is 1. The molecule has 2 aromatic heterocycles. The third-order valence-electron chi connectivity index (χ3n) is 4.40. The molecule has 0 saturated heterocycles. The first-order chi connectivity index (χ1) is 9.68. The summed E-state index contributed by atoms with van der Waals surface area (Å²) < 4.78 is 1.98. The Hall–Kier alpha value is -1.46. The van der Waals surface area contributed by atoms with E-state index in [0.29, 0.717) is 0 Å². The van der Waals surface area contributed by atoms with Crippen LogP contribution in [-0.4, -0.2) is 32.6 Å². The summed E-state index contributed by atoms with van der Waals surface area (Å²) in [7, 11) is 1.83. The van der Waals surface area contributed by atoms with Crippen LogP contribution >= 0.6 is 12.2 Å². The number of nitrogens with one attached hydrogen (secondary N) is 1. The van der Waals surface area contributed by atoms with Crippen LogP contribution < -0.4 is 5.32 Å². The van der Waals surface area contributed by atoms with Gasteiger partial charge in [-0.3, -0.25) is 0 Å². The first-order valence-electron chi connectivity index (χ1n) is 7.02. The second-order valence-electron chi connectivity index (χ2n) is 5.42. The topological polar surface area (TPSA) is 49.6 Å². The third kappa shape index (κ3) is 1.93. The second-order valence-corrected chi connectivity index (χ2v) is 5.83. The largest absolute Gasteiger partial charge is 0.392 e. The fraction of sp³-hybridized carbons (Fsp3) is 0.467. The summed E-state index contributed by atoms with van der Waals surface area (Å²) in [6.07, 6.45) is 9.13. The van der Waals surface area contributed by atoms with E-state index in [0.717, 1.165) is 41.9 Å². The summed E-state index contributed by atoms with van der Waals surface area (Å²) in [6, 6.07) is 4.02. The number of nitrogens with zero attached hydrogens (tertiary/aromatic N) is 2. The molecule has 1 fully saturated rings. The maximum Gasteiger partial charge on any atom is 0.136 e. The predicted molar refractivity (Wildman–Crippen MR) is 83.0 cm³/mol. The lowest BCUT2D eigenvalue weighted by Gasteiger charge is -2.42. The molecule has 0 radical (unpaired) electrons. The van der Waals surface area contributed by atoms with Crippen LogP contribution in [0.3, 0.4) is 0 Å². The van der Waals surface area contributed by atoms with Crippen molar-refractivity contribution in [3.05, 3.63) is 36.3 Å². The Morgan fingerprint density at radius 2 is 2.35 bits per heavy atom. The Balaban J connectivity index is 2.14. The highest BCUT2D eigenvalue weighted by molar-refractivity contribution is 7.80. The Morgan fingerprint density at radius 3 is 3.10 bits per heavy atom. The van der Waals surface area contributed by atoms with Gasteiger partial charge in [0.15, 0.2) is 0 Å². The molecule has 0 amide bonds. The lowest BCUT2D eigenvalue weighted by atomic mass is 9.67. The average Bonchev–Trinajstić information content (AvgIpc) is 2.94. The highest BCUT2D eigenvalue weighted by atomic mass is 32.1. The van der Waals surface area contributed by atoms with Crippen molar-refractivity contribution >= 4 is 22.9 Å². The van der Waals surface area contributed by atoms with E-state index in [1.807, 2.05) is 36.0 Å². The molecule has 106 valence electrons. The third-order valence-corrected chi connectivity index (χ3v) is 4.97. The number of likely N-dealkylation sites (N-methyl/N-ethyl adjacent to an activating group) is 1. The quantitative estimate of drug-likeness (QED) is 0.831. The first-order valence-corrected chi connectivity index (χ1v) is 7.43. The molecule has 0 aliphatic heterocycles. The summed E-state index contributed by atoms with van der Waals surface area (Å²) in [6.45, 7) is 0. The van der Waals surface area contributed by atoms with Gasteiger partial charge in [0, 0.05) is 25.6 Å². The Kier molecular flexibility index (Phi) is 3.48. The average molecular weight is 289 g/mol. The van der Waals surface area contributed by atoms with Crippen LogP contribution in [0.4, 0.5) is 0 Å². The molecule has 3 rings (SSSR count). The second kappa shape index (κ2) is 5.14. The molecule has 1 aliphatic carbocycles. The number of aliphatic hydroxyl groups is 1. The SMILES string of the molecule is CNC(=S)C1(c2ccc3nccn3c2)CCCCC1O. The summed E-state index contributed by atoms with van der Waals surface area (Å²) in [5.74, 6) is 0. The van der Waals surface area contributed by atoms with E-state index in [4.69, 9.17) is 12.2 Å². The summed E-state index contributed by atoms with van der Waals surface area (Å²) in [5, 5.41) is 13.7. The minimum Gasteiger partial charge on any atom is -0.392 e. The minimum atomic E-state index is -0.471. The lowest BCUT2D eigenvalue weighted by molar-refractivity contribution is 0.0776. The molecule has 0 aromatic carbocycles. The number of imidazole rings is 1. The molecule has 5 heteroatoms. The van der Waals surface area contributed by atoms with Crippen molar-refractivity contribution in [2.24, 2.45) is 0 Å². The van der Waals surface area contributed by atoms with E-state index < -0.39 is 11.5 Å². The van der Waals surface area contributed by atoms with Crippen molar-refractivity contribution in [1.82, 2.24) is 14.7 Å². The van der Waals surface area contributed by atoms with Gasteiger partial charge in [0.05, 0.1) is 16.5 Å². The molecule has 2 aromatic rings. The van der Waals surface area contributed by atoms with Gasteiger partial charge in [-0.25, -0.2) is 4.98 Å². The van der Waals surface area contributed by atoms with E-state index >= 15 is 0 Å². The fourth-order valence-electron chi connectivity index (χ4n) is 3.29. The fourth-order valence-corrected chi connectivity index (χ4v) is 3.65. The van der Waals surface area contributed by atoms with Crippen molar-refractivity contribution in [1.29, 1.82) is 0 Å². The van der Waals surface area contributed by atoms with Crippen LogP contribution in [0, 0.1) is 0 Å². The zero-order valence-electron chi connectivity index (χ0n) is 11.5. The molecular weight excluding hydrogens is 270 g/mol. The number of pyridine rings is 1. The highest BCUT2D eigenvalue weighted by Gasteiger charge is 2.45. The number of hydrogen-bond acceptors (Lipinski definition) is 3. The van der Waals surface area contributed by atoms with E-state index in [2.05, 4.69) is 10.3 Å². The van der Waals surface area contributed by atoms with Gasteiger partial charge in [-0.1, -0.05) is 31.1 Å². The maximum absolute atomic E-state index is 10.6. The molecule has 2 N–H and O–H groups in total. The van der Waals surface area contributed by atoms with Gasteiger partial charge in [-0.05, 0) is 24.5 Å². The summed E-state index contributed by atoms with van der Waals surface area (Å²) in [5.41, 5.74) is 1.50. The highest BCUT2D eigenvalue weighted by Crippen LogP contribution is 2.40. The van der Waals surface area contributed by atoms with Crippen LogP contribution in [0.2, 0.25) is 0 Å². The van der Waals surface area contributed by atoms with Crippen molar-refractivity contribution in [2.45, 2.75) is 37.2 Å². The normalized spacial score (nSPS) is 26.6. The van der Waals surface area contributed by atoms with Gasteiger partial charge >= 0.3 is 0 Å². The van der Waals surface area contributed by atoms with Crippen molar-refractivity contribution in [2.75, 3.05) is 7.05 Å². The molecule has 0 bridgehead atoms. The molecule has 1 saturated carbocycles. The van der Waals surface area contributed by atoms with E-state index in [-0.39, 0.29) is 0 Å². The molecule has 2 atom stereocenters. The van der Waals surface area contributed by atoms with E-state index in [1.54, 1.807) is 6.20 Å². The number of rotatable bonds is 2. The standard InChI is InChI=1S/C15H19N3OS/c1-16-14(20)15(7-3-2-4-12(15)19)11-5-6-13-17-8-9-18(13)10-11/h5-6,8-10,12,19H,2-4,7H2,1H3,(H,16,20). The monoisotopic (exact) mass is 289 g/mol. The molecule has 4 nitrogen and oxygen atoms in total. The molecule has 0 spiro atoms. The molecular formula is C15H19N3OS. The molecule has 1 aliphatic rings. The Morgan fingerprint density at radius 1 is 1.50 bits per heavy atom. The van der Waals surface area contributed by atoms with E-state index in [1.165, 1.54) is 0 Å². The van der Waals surface area contributed by atoms with Gasteiger partial charge in [0.1, 0.15) is 5.65 Å². The van der Waals surface area contributed by atoms with Crippen LogP contribution in [-0.2, 0) is 5.41 Å². The van der Waals surface area contributed by atoms with Gasteiger partial charge in [0.2, 0.25) is 0 Å². The van der Waals surface area contributed by atoms with Gasteiger partial charge in [0.25, 0.3) is 0 Å². The number of aromatic nitrogens is 2. The van der Waals surface area contributed by atoms with Gasteiger partial charge in [-0.2, -0.15) is 0 Å². The smallest absolute Gasteiger partial charge is 0.136 e. The zero-order chi connectivity index (χ0) is 14.2. The molecule has 2 unspecified atom stereocenters. The molecule has 20 heavy (non-hydrogen) atoms. The van der Waals surface area contributed by atoms with Crippen molar-refractivity contribution in [3.63, 3.8) is 0 Å². The molecule has 2 heterocycles. The van der Waals surface area contributed by atoms with Crippen LogP contribution in [0.15, 0.2) is 30.7 Å². The Bertz CT molecular complexity index is 639. The Labute approximate surface area is 123 Å². The van der Waals surface area contributed by atoms with Crippen molar-refractivity contribution in [3.8, 4) is 0 Å². The number of aliphatic hydroxyl groups excluding tert-OH is 1. The predicted octanol–water partition coefficient (Wildman–Crippen LogP) is 2.05. The zero-order valence-corrected chi connectivity index (χ0v) is 12.4. The summed E-state index contributed by atoms with van der Waals surface area (Å²) >= 11 is 5.55. The maximum atomic E-state index is 10.6. The van der Waals surface area contributed by atoms with Crippen molar-refractivity contribution < 1.29 is 5.11 Å². The first kappa shape index (κ1) is 13.5. The number of hydrogen-bond donors (Lipinski definition) is 2. The summed E-state index contributed by atoms with van der Waals surface area (Å²) in [4.78, 5) is 4.99. The van der Waals surface area contributed by atoms with Crippen LogP contribution in [0.5, 0.6) is 0 Å². The van der Waals surface area contributed by atoms with E-state index in [9.17, 15) is 5.11 Å².